The molecule has 24 heavy (non-hydrogen) atoms. The molecule has 1 aliphatic heterocycles. The third kappa shape index (κ3) is 4.45. The van der Waals surface area contributed by atoms with Gasteiger partial charge in [0.2, 0.25) is 11.8 Å². The lowest BCUT2D eigenvalue weighted by atomic mass is 10.3. The number of nitrogen functional groups attached to an aromatic ring is 1. The van der Waals surface area contributed by atoms with Crippen molar-refractivity contribution in [3.63, 3.8) is 0 Å². The molecule has 2 aromatic rings. The van der Waals surface area contributed by atoms with Gasteiger partial charge < -0.3 is 24.8 Å². The van der Waals surface area contributed by atoms with E-state index in [0.29, 0.717) is 30.8 Å². The van der Waals surface area contributed by atoms with Gasteiger partial charge in [-0.1, -0.05) is 0 Å². The Balaban J connectivity index is 1.52. The van der Waals surface area contributed by atoms with Crippen molar-refractivity contribution >= 4 is 11.5 Å². The molecule has 3 rings (SSSR count). The Morgan fingerprint density at radius 2 is 1.88 bits per heavy atom. The second kappa shape index (κ2) is 7.78. The van der Waals surface area contributed by atoms with Crippen LogP contribution in [0.1, 0.15) is 0 Å². The first-order valence-electron chi connectivity index (χ1n) is 7.68. The Bertz CT molecular complexity index is 663. The second-order valence-corrected chi connectivity index (χ2v) is 5.20. The van der Waals surface area contributed by atoms with E-state index in [1.807, 2.05) is 12.1 Å². The summed E-state index contributed by atoms with van der Waals surface area (Å²) in [5, 5.41) is 0. The van der Waals surface area contributed by atoms with Crippen molar-refractivity contribution in [3.05, 3.63) is 36.3 Å². The highest BCUT2D eigenvalue weighted by molar-refractivity contribution is 5.55. The van der Waals surface area contributed by atoms with Gasteiger partial charge in [0.15, 0.2) is 0 Å². The summed E-state index contributed by atoms with van der Waals surface area (Å²) in [4.78, 5) is 10.1. The van der Waals surface area contributed by atoms with Gasteiger partial charge in [0.1, 0.15) is 24.8 Å². The predicted octanol–water partition coefficient (Wildman–Crippen LogP) is 1.49. The molecule has 0 spiro atoms. The molecule has 2 aromatic heterocycles. The van der Waals surface area contributed by atoms with E-state index >= 15 is 0 Å². The lowest BCUT2D eigenvalue weighted by Crippen LogP contribution is -2.36. The second-order valence-electron chi connectivity index (χ2n) is 5.20. The number of pyridine rings is 2. The van der Waals surface area contributed by atoms with Gasteiger partial charge in [-0.25, -0.2) is 9.37 Å². The number of hydrogen-bond acceptors (Lipinski definition) is 7. The van der Waals surface area contributed by atoms with Crippen LogP contribution in [-0.2, 0) is 4.74 Å². The zero-order valence-corrected chi connectivity index (χ0v) is 13.2. The van der Waals surface area contributed by atoms with Crippen LogP contribution in [0.4, 0.5) is 15.9 Å². The van der Waals surface area contributed by atoms with E-state index in [-0.39, 0.29) is 13.2 Å². The molecule has 0 unspecified atom stereocenters. The fourth-order valence-corrected chi connectivity index (χ4v) is 2.33. The van der Waals surface area contributed by atoms with E-state index in [1.165, 1.54) is 12.1 Å². The van der Waals surface area contributed by atoms with Gasteiger partial charge in [-0.3, -0.25) is 0 Å². The van der Waals surface area contributed by atoms with Crippen LogP contribution in [0, 0.1) is 5.82 Å². The first-order chi connectivity index (χ1) is 11.7. The van der Waals surface area contributed by atoms with Crippen molar-refractivity contribution in [2.75, 3.05) is 50.2 Å². The maximum absolute atomic E-state index is 12.8. The quantitative estimate of drug-likeness (QED) is 0.801. The minimum Gasteiger partial charge on any atom is -0.474 e. The third-order valence-electron chi connectivity index (χ3n) is 3.47. The molecule has 0 atom stereocenters. The molecule has 0 aromatic carbocycles. The summed E-state index contributed by atoms with van der Waals surface area (Å²) in [6, 6.07) is 6.41. The maximum Gasteiger partial charge on any atom is 0.217 e. The van der Waals surface area contributed by atoms with Gasteiger partial charge in [0.05, 0.1) is 19.4 Å². The molecule has 0 saturated carbocycles. The summed E-state index contributed by atoms with van der Waals surface area (Å²) in [6.07, 6.45) is 1.10. The van der Waals surface area contributed by atoms with Crippen LogP contribution in [0.5, 0.6) is 11.8 Å². The number of aromatic nitrogens is 2. The molecule has 0 bridgehead atoms. The molecular formula is C16H19FN4O3. The molecule has 1 aliphatic rings. The lowest BCUT2D eigenvalue weighted by Gasteiger charge is -2.29. The zero-order chi connectivity index (χ0) is 16.8. The molecule has 128 valence electrons. The van der Waals surface area contributed by atoms with Gasteiger partial charge in [0.25, 0.3) is 0 Å². The molecule has 0 radical (unpaired) electrons. The number of hydrogen-bond donors (Lipinski definition) is 1. The highest BCUT2D eigenvalue weighted by atomic mass is 19.1. The van der Waals surface area contributed by atoms with Crippen molar-refractivity contribution in [1.82, 2.24) is 9.97 Å². The predicted molar refractivity (Wildman–Crippen MR) is 86.9 cm³/mol. The van der Waals surface area contributed by atoms with Gasteiger partial charge in [0, 0.05) is 37.0 Å². The summed E-state index contributed by atoms with van der Waals surface area (Å²) in [6.45, 7) is 3.54. The van der Waals surface area contributed by atoms with Gasteiger partial charge in [-0.15, -0.1) is 0 Å². The number of nitrogens with zero attached hydrogens (tertiary/aromatic N) is 3. The number of morpholine rings is 1. The SMILES string of the molecule is Nc1cc(N2CCOCC2)cc(OCCOc2ccc(F)cn2)n1. The standard InChI is InChI=1S/C16H19FN4O3/c17-12-1-2-15(19-11-12)23-7-8-24-16-10-13(9-14(18)20-16)21-3-5-22-6-4-21/h1-2,9-11H,3-8H2,(H2,18,20). The van der Waals surface area contributed by atoms with Crippen LogP contribution in [0.3, 0.4) is 0 Å². The normalized spacial score (nSPS) is 14.5. The number of halogens is 1. The van der Waals surface area contributed by atoms with Crippen molar-refractivity contribution < 1.29 is 18.6 Å². The van der Waals surface area contributed by atoms with Crippen LogP contribution >= 0.6 is 0 Å². The Labute approximate surface area is 139 Å². The first-order valence-corrected chi connectivity index (χ1v) is 7.68. The molecule has 0 amide bonds. The van der Waals surface area contributed by atoms with Crippen LogP contribution in [0.15, 0.2) is 30.5 Å². The molecular weight excluding hydrogens is 315 g/mol. The monoisotopic (exact) mass is 334 g/mol. The number of nitrogens with two attached hydrogens (primary N) is 1. The average Bonchev–Trinajstić information content (AvgIpc) is 2.61. The molecule has 3 heterocycles. The van der Waals surface area contributed by atoms with E-state index in [2.05, 4.69) is 14.9 Å². The van der Waals surface area contributed by atoms with Crippen LogP contribution in [0.25, 0.3) is 0 Å². The van der Waals surface area contributed by atoms with Crippen molar-refractivity contribution in [2.24, 2.45) is 0 Å². The summed E-state index contributed by atoms with van der Waals surface area (Å²) in [5.74, 6) is 0.773. The maximum atomic E-state index is 12.8. The summed E-state index contributed by atoms with van der Waals surface area (Å²) < 4.78 is 29.1. The van der Waals surface area contributed by atoms with Crippen molar-refractivity contribution in [2.45, 2.75) is 0 Å². The minimum absolute atomic E-state index is 0.266. The lowest BCUT2D eigenvalue weighted by molar-refractivity contribution is 0.122. The number of rotatable bonds is 6. The van der Waals surface area contributed by atoms with E-state index in [0.717, 1.165) is 25.0 Å². The fraction of sp³-hybridized carbons (Fsp3) is 0.375. The number of ether oxygens (including phenoxy) is 3. The van der Waals surface area contributed by atoms with Crippen molar-refractivity contribution in [1.29, 1.82) is 0 Å². The van der Waals surface area contributed by atoms with Crippen molar-refractivity contribution in [3.8, 4) is 11.8 Å². The van der Waals surface area contributed by atoms with Gasteiger partial charge in [-0.05, 0) is 6.07 Å². The smallest absolute Gasteiger partial charge is 0.217 e. The average molecular weight is 334 g/mol. The van der Waals surface area contributed by atoms with E-state index in [1.54, 1.807) is 0 Å². The number of anilines is 2. The van der Waals surface area contributed by atoms with Gasteiger partial charge >= 0.3 is 0 Å². The summed E-state index contributed by atoms with van der Waals surface area (Å²) in [7, 11) is 0. The van der Waals surface area contributed by atoms with E-state index < -0.39 is 5.82 Å². The van der Waals surface area contributed by atoms with E-state index in [4.69, 9.17) is 19.9 Å². The Kier molecular flexibility index (Phi) is 5.27. The Morgan fingerprint density at radius 1 is 1.12 bits per heavy atom. The highest BCUT2D eigenvalue weighted by Gasteiger charge is 2.13. The van der Waals surface area contributed by atoms with Crippen LogP contribution in [-0.4, -0.2) is 49.5 Å². The fourth-order valence-electron chi connectivity index (χ4n) is 2.33. The van der Waals surface area contributed by atoms with Gasteiger partial charge in [-0.2, -0.15) is 4.98 Å². The third-order valence-corrected chi connectivity index (χ3v) is 3.47. The Hall–Kier alpha value is -2.61. The molecule has 0 aliphatic carbocycles. The van der Waals surface area contributed by atoms with E-state index in [9.17, 15) is 4.39 Å². The molecule has 1 saturated heterocycles. The van der Waals surface area contributed by atoms with Crippen LogP contribution < -0.4 is 20.1 Å². The largest absolute Gasteiger partial charge is 0.474 e. The summed E-state index contributed by atoms with van der Waals surface area (Å²) >= 11 is 0. The minimum atomic E-state index is -0.404. The first kappa shape index (κ1) is 16.3. The summed E-state index contributed by atoms with van der Waals surface area (Å²) in [5.41, 5.74) is 6.81. The zero-order valence-electron chi connectivity index (χ0n) is 13.2. The molecule has 1 fully saturated rings. The highest BCUT2D eigenvalue weighted by Crippen LogP contribution is 2.23. The molecule has 8 heteroatoms. The topological polar surface area (TPSA) is 82.7 Å². The van der Waals surface area contributed by atoms with Crippen LogP contribution in [0.2, 0.25) is 0 Å². The molecule has 2 N–H and O–H groups in total. The molecule has 7 nitrogen and oxygen atoms in total. The Morgan fingerprint density at radius 3 is 2.58 bits per heavy atom.